The van der Waals surface area contributed by atoms with Crippen LogP contribution in [0.5, 0.6) is 5.75 Å². The molecule has 2 rings (SSSR count). The Morgan fingerprint density at radius 3 is 2.74 bits per heavy atom. The fraction of sp³-hybridized carbons (Fsp3) is 0.529. The molecule has 2 N–H and O–H groups in total. The predicted molar refractivity (Wildman–Crippen MR) is 99.8 cm³/mol. The molecule has 0 bridgehead atoms. The van der Waals surface area contributed by atoms with E-state index in [9.17, 15) is 4.79 Å². The average molecular weight is 399 g/mol. The molecule has 1 aromatic carbocycles. The number of hydrogen-bond acceptors (Lipinski definition) is 3. The summed E-state index contributed by atoms with van der Waals surface area (Å²) in [6.45, 7) is 2.03. The van der Waals surface area contributed by atoms with Crippen LogP contribution in [0.3, 0.4) is 0 Å². The maximum atomic E-state index is 11.9. The van der Waals surface area contributed by atoms with E-state index < -0.39 is 0 Å². The molecule has 6 heteroatoms. The van der Waals surface area contributed by atoms with Gasteiger partial charge in [-0.05, 0) is 65.1 Å². The summed E-state index contributed by atoms with van der Waals surface area (Å²) in [5, 5.41) is 6.28. The lowest BCUT2D eigenvalue weighted by Gasteiger charge is -2.24. The van der Waals surface area contributed by atoms with Crippen LogP contribution in [0.4, 0.5) is 0 Å². The second-order valence-electron chi connectivity index (χ2n) is 5.76. The first-order valence-corrected chi connectivity index (χ1v) is 9.30. The highest BCUT2D eigenvalue weighted by Gasteiger charge is 2.15. The Labute approximate surface area is 151 Å². The molecule has 0 spiro atoms. The minimum Gasteiger partial charge on any atom is -0.483 e. The van der Waals surface area contributed by atoms with Crippen molar-refractivity contribution in [3.05, 3.63) is 28.2 Å². The van der Waals surface area contributed by atoms with E-state index >= 15 is 0 Å². The Hall–Kier alpha value is -1.14. The van der Waals surface area contributed by atoms with Gasteiger partial charge in [0.15, 0.2) is 11.7 Å². The summed E-state index contributed by atoms with van der Waals surface area (Å²) in [6.07, 6.45) is 6.92. The summed E-state index contributed by atoms with van der Waals surface area (Å²) in [6, 6.07) is 6.25. The number of aryl methyl sites for hydroxylation is 1. The third-order valence-corrected chi connectivity index (χ3v) is 4.80. The molecular formula is C17H23BrN2O2S. The molecule has 0 radical (unpaired) electrons. The Bertz CT molecular complexity index is 560. The van der Waals surface area contributed by atoms with Crippen molar-refractivity contribution in [1.29, 1.82) is 0 Å². The Balaban J connectivity index is 1.75. The number of thiocarbonyl (C=S) groups is 1. The minimum atomic E-state index is -0.246. The van der Waals surface area contributed by atoms with Crippen LogP contribution < -0.4 is 15.4 Å². The van der Waals surface area contributed by atoms with Gasteiger partial charge in [0.2, 0.25) is 0 Å². The largest absolute Gasteiger partial charge is 0.483 e. The van der Waals surface area contributed by atoms with E-state index in [0.29, 0.717) is 16.9 Å². The van der Waals surface area contributed by atoms with Crippen molar-refractivity contribution in [2.45, 2.75) is 51.5 Å². The first kappa shape index (κ1) is 18.2. The van der Waals surface area contributed by atoms with Crippen LogP contribution in [0.15, 0.2) is 22.7 Å². The van der Waals surface area contributed by atoms with Gasteiger partial charge in [-0.2, -0.15) is 0 Å². The van der Waals surface area contributed by atoms with E-state index in [-0.39, 0.29) is 12.5 Å². The molecule has 0 aromatic heterocycles. The zero-order chi connectivity index (χ0) is 16.7. The lowest BCUT2D eigenvalue weighted by Crippen LogP contribution is -2.46. The number of rotatable bonds is 5. The van der Waals surface area contributed by atoms with Crippen molar-refractivity contribution < 1.29 is 9.53 Å². The second kappa shape index (κ2) is 9.23. The fourth-order valence-electron chi connectivity index (χ4n) is 2.66. The van der Waals surface area contributed by atoms with Crippen molar-refractivity contribution in [2.75, 3.05) is 6.61 Å². The highest BCUT2D eigenvalue weighted by atomic mass is 79.9. The van der Waals surface area contributed by atoms with Gasteiger partial charge in [0.1, 0.15) is 5.75 Å². The first-order chi connectivity index (χ1) is 11.1. The Morgan fingerprint density at radius 1 is 1.35 bits per heavy atom. The van der Waals surface area contributed by atoms with E-state index in [2.05, 4.69) is 33.5 Å². The number of carbonyl (C=O) groups is 1. The maximum absolute atomic E-state index is 11.9. The van der Waals surface area contributed by atoms with E-state index in [1.54, 1.807) is 0 Å². The van der Waals surface area contributed by atoms with Crippen molar-refractivity contribution in [3.63, 3.8) is 0 Å². The van der Waals surface area contributed by atoms with Crippen molar-refractivity contribution in [3.8, 4) is 5.75 Å². The van der Waals surface area contributed by atoms with Crippen molar-refractivity contribution in [1.82, 2.24) is 10.6 Å². The molecule has 1 saturated carbocycles. The monoisotopic (exact) mass is 398 g/mol. The van der Waals surface area contributed by atoms with E-state index in [0.717, 1.165) is 23.7 Å². The molecule has 0 atom stereocenters. The number of ether oxygens (including phenoxy) is 1. The van der Waals surface area contributed by atoms with Gasteiger partial charge >= 0.3 is 0 Å². The van der Waals surface area contributed by atoms with Crippen molar-refractivity contribution >= 4 is 39.2 Å². The van der Waals surface area contributed by atoms with Gasteiger partial charge in [-0.25, -0.2) is 0 Å². The summed E-state index contributed by atoms with van der Waals surface area (Å²) in [7, 11) is 0. The molecule has 1 aromatic rings. The van der Waals surface area contributed by atoms with Gasteiger partial charge < -0.3 is 15.4 Å². The number of amides is 1. The number of benzene rings is 1. The summed E-state index contributed by atoms with van der Waals surface area (Å²) in [5.41, 5.74) is 1.21. The molecule has 0 saturated heterocycles. The standard InChI is InChI=1S/C17H23BrN2O2S/c1-2-12-8-9-15(14(18)10-12)22-11-16(21)20-17(23)19-13-6-4-3-5-7-13/h8-10,13H,2-7,11H2,1H3,(H2,19,20,21,23). The van der Waals surface area contributed by atoms with Crippen LogP contribution in [-0.2, 0) is 11.2 Å². The summed E-state index contributed by atoms with van der Waals surface area (Å²) in [5.74, 6) is 0.410. The smallest absolute Gasteiger partial charge is 0.264 e. The highest BCUT2D eigenvalue weighted by Crippen LogP contribution is 2.26. The van der Waals surface area contributed by atoms with Gasteiger partial charge in [0, 0.05) is 6.04 Å². The molecule has 1 amide bonds. The number of nitrogens with one attached hydrogen (secondary N) is 2. The summed E-state index contributed by atoms with van der Waals surface area (Å²) in [4.78, 5) is 11.9. The molecule has 1 fully saturated rings. The maximum Gasteiger partial charge on any atom is 0.264 e. The third-order valence-electron chi connectivity index (χ3n) is 3.96. The van der Waals surface area contributed by atoms with Crippen LogP contribution >= 0.6 is 28.1 Å². The molecule has 0 unspecified atom stereocenters. The van der Waals surface area contributed by atoms with Crippen LogP contribution in [0.1, 0.15) is 44.6 Å². The molecular weight excluding hydrogens is 376 g/mol. The molecule has 0 heterocycles. The molecule has 0 aliphatic heterocycles. The molecule has 23 heavy (non-hydrogen) atoms. The number of halogens is 1. The Kier molecular flexibility index (Phi) is 7.30. The summed E-state index contributed by atoms with van der Waals surface area (Å²) < 4.78 is 6.40. The van der Waals surface area contributed by atoms with Gasteiger partial charge in [-0.1, -0.05) is 32.3 Å². The number of carbonyl (C=O) groups excluding carboxylic acids is 1. The number of hydrogen-bond donors (Lipinski definition) is 2. The van der Waals surface area contributed by atoms with E-state index in [1.807, 2.05) is 18.2 Å². The van der Waals surface area contributed by atoms with Gasteiger partial charge in [0.25, 0.3) is 5.91 Å². The predicted octanol–water partition coefficient (Wildman–Crippen LogP) is 3.71. The van der Waals surface area contributed by atoms with Gasteiger partial charge in [-0.3, -0.25) is 4.79 Å². The van der Waals surface area contributed by atoms with Crippen LogP contribution in [0, 0.1) is 0 Å². The zero-order valence-corrected chi connectivity index (χ0v) is 15.8. The molecule has 126 valence electrons. The molecule has 1 aliphatic carbocycles. The quantitative estimate of drug-likeness (QED) is 0.742. The zero-order valence-electron chi connectivity index (χ0n) is 13.4. The highest BCUT2D eigenvalue weighted by molar-refractivity contribution is 9.10. The summed E-state index contributed by atoms with van der Waals surface area (Å²) >= 11 is 8.65. The van der Waals surface area contributed by atoms with Crippen LogP contribution in [0.2, 0.25) is 0 Å². The fourth-order valence-corrected chi connectivity index (χ4v) is 3.48. The first-order valence-electron chi connectivity index (χ1n) is 8.10. The molecule has 4 nitrogen and oxygen atoms in total. The average Bonchev–Trinajstić information content (AvgIpc) is 2.54. The topological polar surface area (TPSA) is 50.4 Å². The minimum absolute atomic E-state index is 0.0590. The van der Waals surface area contributed by atoms with E-state index in [4.69, 9.17) is 17.0 Å². The lowest BCUT2D eigenvalue weighted by molar-refractivity contribution is -0.121. The normalized spacial score (nSPS) is 15.0. The van der Waals surface area contributed by atoms with Crippen LogP contribution in [-0.4, -0.2) is 23.7 Å². The van der Waals surface area contributed by atoms with Gasteiger partial charge in [0.05, 0.1) is 4.47 Å². The second-order valence-corrected chi connectivity index (χ2v) is 7.03. The van der Waals surface area contributed by atoms with Crippen molar-refractivity contribution in [2.24, 2.45) is 0 Å². The lowest BCUT2D eigenvalue weighted by atomic mass is 9.96. The SMILES string of the molecule is CCc1ccc(OCC(=O)NC(=S)NC2CCCCC2)c(Br)c1. The third kappa shape index (κ3) is 6.11. The van der Waals surface area contributed by atoms with Crippen LogP contribution in [0.25, 0.3) is 0 Å². The van der Waals surface area contributed by atoms with Gasteiger partial charge in [-0.15, -0.1) is 0 Å². The Morgan fingerprint density at radius 2 is 2.09 bits per heavy atom. The van der Waals surface area contributed by atoms with E-state index in [1.165, 1.54) is 24.8 Å². The molecule has 1 aliphatic rings.